The van der Waals surface area contributed by atoms with Crippen LogP contribution in [0.25, 0.3) is 6.08 Å². The van der Waals surface area contributed by atoms with Gasteiger partial charge in [0.25, 0.3) is 5.91 Å². The molecule has 1 rings (SSSR count). The number of aryl methyl sites for hydroxylation is 1. The van der Waals surface area contributed by atoms with Gasteiger partial charge in [0.15, 0.2) is 6.61 Å². The largest absolute Gasteiger partial charge is 0.482 e. The predicted octanol–water partition coefficient (Wildman–Crippen LogP) is 1.78. The highest BCUT2D eigenvalue weighted by atomic mass is 16.5. The smallest absolute Gasteiger partial charge is 0.328 e. The van der Waals surface area contributed by atoms with Crippen LogP contribution in [0.1, 0.15) is 31.2 Å². The Kier molecular flexibility index (Phi) is 6.94. The van der Waals surface area contributed by atoms with Gasteiger partial charge in [-0.25, -0.2) is 9.78 Å². The topological polar surface area (TPSA) is 88.5 Å². The van der Waals surface area contributed by atoms with E-state index in [0.717, 1.165) is 24.6 Å². The normalized spacial score (nSPS) is 10.6. The van der Waals surface area contributed by atoms with Crippen molar-refractivity contribution < 1.29 is 19.4 Å². The van der Waals surface area contributed by atoms with E-state index in [0.29, 0.717) is 18.0 Å². The first-order chi connectivity index (χ1) is 10.0. The van der Waals surface area contributed by atoms with E-state index in [1.165, 1.54) is 6.08 Å². The lowest BCUT2D eigenvalue weighted by Crippen LogP contribution is -2.29. The molecule has 6 nitrogen and oxygen atoms in total. The van der Waals surface area contributed by atoms with Gasteiger partial charge in [0.2, 0.25) is 0 Å². The number of carbonyl (C=O) groups is 2. The Morgan fingerprint density at radius 2 is 2.19 bits per heavy atom. The van der Waals surface area contributed by atoms with Gasteiger partial charge in [0, 0.05) is 18.3 Å². The van der Waals surface area contributed by atoms with Gasteiger partial charge in [-0.3, -0.25) is 4.79 Å². The van der Waals surface area contributed by atoms with Crippen LogP contribution >= 0.6 is 0 Å². The highest BCUT2D eigenvalue weighted by Crippen LogP contribution is 2.18. The zero-order chi connectivity index (χ0) is 15.7. The van der Waals surface area contributed by atoms with Crippen molar-refractivity contribution in [2.24, 2.45) is 0 Å². The summed E-state index contributed by atoms with van der Waals surface area (Å²) in [6, 6.07) is 3.41. The minimum atomic E-state index is -1.07. The fourth-order valence-electron chi connectivity index (χ4n) is 1.55. The zero-order valence-corrected chi connectivity index (χ0v) is 12.3. The second kappa shape index (κ2) is 8.73. The Morgan fingerprint density at radius 3 is 2.86 bits per heavy atom. The number of carbonyl (C=O) groups excluding carboxylic acids is 1. The summed E-state index contributed by atoms with van der Waals surface area (Å²) >= 11 is 0. The summed E-state index contributed by atoms with van der Waals surface area (Å²) < 4.78 is 5.40. The highest BCUT2D eigenvalue weighted by molar-refractivity contribution is 5.85. The number of aliphatic carboxylic acids is 1. The number of ether oxygens (including phenoxy) is 1. The van der Waals surface area contributed by atoms with E-state index in [1.54, 1.807) is 19.1 Å². The second-order valence-electron chi connectivity index (χ2n) is 4.50. The van der Waals surface area contributed by atoms with Crippen molar-refractivity contribution in [3.05, 3.63) is 29.6 Å². The molecule has 0 aromatic carbocycles. The van der Waals surface area contributed by atoms with Gasteiger partial charge in [-0.05, 0) is 31.6 Å². The molecule has 0 aliphatic heterocycles. The minimum Gasteiger partial charge on any atom is -0.482 e. The van der Waals surface area contributed by atoms with Crippen LogP contribution in [0.2, 0.25) is 0 Å². The number of nitrogens with zero attached hydrogens (tertiary/aromatic N) is 1. The summed E-state index contributed by atoms with van der Waals surface area (Å²) in [6.45, 7) is 4.33. The average Bonchev–Trinajstić information content (AvgIpc) is 2.44. The molecular weight excluding hydrogens is 272 g/mol. The molecule has 0 radical (unpaired) electrons. The number of pyridine rings is 1. The van der Waals surface area contributed by atoms with Crippen LogP contribution in [0.15, 0.2) is 18.2 Å². The number of amides is 1. The Bertz CT molecular complexity index is 526. The summed E-state index contributed by atoms with van der Waals surface area (Å²) in [7, 11) is 0. The number of aromatic nitrogens is 1. The lowest BCUT2D eigenvalue weighted by molar-refractivity contribution is -0.131. The van der Waals surface area contributed by atoms with Gasteiger partial charge in [-0.2, -0.15) is 0 Å². The summed E-state index contributed by atoms with van der Waals surface area (Å²) in [5.41, 5.74) is 1.12. The molecule has 21 heavy (non-hydrogen) atoms. The average molecular weight is 292 g/mol. The highest BCUT2D eigenvalue weighted by Gasteiger charge is 2.07. The van der Waals surface area contributed by atoms with E-state index >= 15 is 0 Å². The molecule has 0 bridgehead atoms. The molecule has 6 heteroatoms. The van der Waals surface area contributed by atoms with E-state index in [-0.39, 0.29) is 12.5 Å². The van der Waals surface area contributed by atoms with Crippen molar-refractivity contribution in [3.8, 4) is 5.75 Å². The van der Waals surface area contributed by atoms with Gasteiger partial charge >= 0.3 is 5.97 Å². The lowest BCUT2D eigenvalue weighted by atomic mass is 10.2. The summed E-state index contributed by atoms with van der Waals surface area (Å²) in [4.78, 5) is 26.3. The van der Waals surface area contributed by atoms with Crippen molar-refractivity contribution >= 4 is 18.0 Å². The quantitative estimate of drug-likeness (QED) is 0.563. The Hall–Kier alpha value is -2.37. The maximum absolute atomic E-state index is 11.6. The molecule has 1 aromatic rings. The standard InChI is InChI=1S/C15H20N2O4/c1-3-4-9-16-14(18)10-21-13-7-5-11(2)17-12(13)6-8-15(19)20/h5-8H,3-4,9-10H2,1-2H3,(H,16,18)(H,19,20). The van der Waals surface area contributed by atoms with Gasteiger partial charge in [0.05, 0.1) is 0 Å². The van der Waals surface area contributed by atoms with E-state index in [4.69, 9.17) is 9.84 Å². The first kappa shape index (κ1) is 16.7. The van der Waals surface area contributed by atoms with Crippen LogP contribution in [0.3, 0.4) is 0 Å². The van der Waals surface area contributed by atoms with E-state index in [1.807, 2.05) is 6.92 Å². The monoisotopic (exact) mass is 292 g/mol. The van der Waals surface area contributed by atoms with Gasteiger partial charge in [-0.15, -0.1) is 0 Å². The van der Waals surface area contributed by atoms with Crippen LogP contribution < -0.4 is 10.1 Å². The van der Waals surface area contributed by atoms with Crippen molar-refractivity contribution in [3.63, 3.8) is 0 Å². The van der Waals surface area contributed by atoms with Crippen LogP contribution in [-0.2, 0) is 9.59 Å². The van der Waals surface area contributed by atoms with Crippen LogP contribution in [0, 0.1) is 6.92 Å². The number of hydrogen-bond acceptors (Lipinski definition) is 4. The molecule has 1 aromatic heterocycles. The molecule has 2 N–H and O–H groups in total. The van der Waals surface area contributed by atoms with Crippen molar-refractivity contribution in [1.29, 1.82) is 0 Å². The number of hydrogen-bond donors (Lipinski definition) is 2. The molecular formula is C15H20N2O4. The molecule has 0 unspecified atom stereocenters. The third kappa shape index (κ3) is 6.56. The summed E-state index contributed by atoms with van der Waals surface area (Å²) in [5, 5.41) is 11.4. The van der Waals surface area contributed by atoms with E-state index in [2.05, 4.69) is 10.3 Å². The first-order valence-electron chi connectivity index (χ1n) is 6.81. The molecule has 0 aliphatic carbocycles. The fraction of sp³-hybridized carbons (Fsp3) is 0.400. The number of carboxylic acid groups (broad SMARTS) is 1. The van der Waals surface area contributed by atoms with Crippen molar-refractivity contribution in [2.75, 3.05) is 13.2 Å². The molecule has 1 heterocycles. The van der Waals surface area contributed by atoms with Crippen molar-refractivity contribution in [2.45, 2.75) is 26.7 Å². The molecule has 1 amide bonds. The number of nitrogens with one attached hydrogen (secondary N) is 1. The fourth-order valence-corrected chi connectivity index (χ4v) is 1.55. The maximum Gasteiger partial charge on any atom is 0.328 e. The van der Waals surface area contributed by atoms with Crippen molar-refractivity contribution in [1.82, 2.24) is 10.3 Å². The van der Waals surface area contributed by atoms with Crippen LogP contribution in [-0.4, -0.2) is 35.1 Å². The molecule has 0 saturated carbocycles. The van der Waals surface area contributed by atoms with Gasteiger partial charge in [-0.1, -0.05) is 13.3 Å². The van der Waals surface area contributed by atoms with Crippen LogP contribution in [0.5, 0.6) is 5.75 Å². The molecule has 0 spiro atoms. The van der Waals surface area contributed by atoms with Gasteiger partial charge < -0.3 is 15.2 Å². The second-order valence-corrected chi connectivity index (χ2v) is 4.50. The minimum absolute atomic E-state index is 0.123. The summed E-state index contributed by atoms with van der Waals surface area (Å²) in [5.74, 6) is -0.900. The Balaban J connectivity index is 2.65. The lowest BCUT2D eigenvalue weighted by Gasteiger charge is -2.09. The number of carboxylic acids is 1. The zero-order valence-electron chi connectivity index (χ0n) is 12.3. The maximum atomic E-state index is 11.6. The SMILES string of the molecule is CCCCNC(=O)COc1ccc(C)nc1C=CC(=O)O. The molecule has 0 fully saturated rings. The van der Waals surface area contributed by atoms with E-state index in [9.17, 15) is 9.59 Å². The molecule has 0 aliphatic rings. The Labute approximate surface area is 123 Å². The molecule has 0 saturated heterocycles. The summed E-state index contributed by atoms with van der Waals surface area (Å²) in [6.07, 6.45) is 4.26. The predicted molar refractivity (Wildman–Crippen MR) is 79.1 cm³/mol. The van der Waals surface area contributed by atoms with Gasteiger partial charge in [0.1, 0.15) is 11.4 Å². The third-order valence-electron chi connectivity index (χ3n) is 2.62. The Morgan fingerprint density at radius 1 is 1.43 bits per heavy atom. The van der Waals surface area contributed by atoms with Crippen LogP contribution in [0.4, 0.5) is 0 Å². The number of rotatable bonds is 8. The van der Waals surface area contributed by atoms with E-state index < -0.39 is 5.97 Å². The molecule has 114 valence electrons. The number of unbranched alkanes of at least 4 members (excludes halogenated alkanes) is 1. The molecule has 0 atom stereocenters. The first-order valence-corrected chi connectivity index (χ1v) is 6.81. The third-order valence-corrected chi connectivity index (χ3v) is 2.62.